The molecule has 2 rings (SSSR count). The molecule has 0 aromatic heterocycles. The second-order valence-electron chi connectivity index (χ2n) is 5.81. The van der Waals surface area contributed by atoms with Gasteiger partial charge in [-0.2, -0.15) is 0 Å². The number of nitrogens with one attached hydrogen (secondary N) is 1. The molecule has 1 aromatic carbocycles. The van der Waals surface area contributed by atoms with E-state index in [2.05, 4.69) is 28.2 Å². The molecular formula is C17H20BrN3O6. The van der Waals surface area contributed by atoms with E-state index < -0.39 is 16.7 Å². The first-order valence-corrected chi connectivity index (χ1v) is 9.24. The molecule has 0 bridgehead atoms. The number of aliphatic hydroxyl groups excluding tert-OH is 1. The zero-order chi connectivity index (χ0) is 20.0. The Hall–Kier alpha value is -2.46. The Morgan fingerprint density at radius 1 is 1.33 bits per heavy atom. The van der Waals surface area contributed by atoms with Gasteiger partial charge in [0.2, 0.25) is 0 Å². The summed E-state index contributed by atoms with van der Waals surface area (Å²) in [5.74, 6) is -0.854. The molecule has 0 saturated carbocycles. The van der Waals surface area contributed by atoms with Crippen LogP contribution in [0.2, 0.25) is 0 Å². The van der Waals surface area contributed by atoms with Gasteiger partial charge in [0.1, 0.15) is 17.1 Å². The molecule has 0 saturated heterocycles. The van der Waals surface area contributed by atoms with Crippen LogP contribution in [0.1, 0.15) is 26.2 Å². The van der Waals surface area contributed by atoms with Gasteiger partial charge in [-0.15, -0.1) is 0 Å². The lowest BCUT2D eigenvalue weighted by Crippen LogP contribution is -2.34. The number of hydrogen-bond donors (Lipinski definition) is 2. The van der Waals surface area contributed by atoms with Crippen LogP contribution >= 0.6 is 15.9 Å². The first-order valence-electron chi connectivity index (χ1n) is 8.45. The summed E-state index contributed by atoms with van der Waals surface area (Å²) < 4.78 is 6.08. The average molecular weight is 442 g/mol. The number of benzene rings is 1. The number of anilines is 1. The quantitative estimate of drug-likeness (QED) is 0.247. The molecule has 27 heavy (non-hydrogen) atoms. The van der Waals surface area contributed by atoms with Crippen molar-refractivity contribution in [3.8, 4) is 5.75 Å². The van der Waals surface area contributed by atoms with E-state index in [1.807, 2.05) is 0 Å². The number of halogens is 1. The van der Waals surface area contributed by atoms with Crippen molar-refractivity contribution in [1.82, 2.24) is 4.90 Å². The highest BCUT2D eigenvalue weighted by Gasteiger charge is 2.32. The van der Waals surface area contributed by atoms with Crippen LogP contribution in [0.15, 0.2) is 28.4 Å². The van der Waals surface area contributed by atoms with E-state index in [9.17, 15) is 19.7 Å². The number of unbranched alkanes of at least 4 members (excludes halogenated alkanes) is 2. The molecule has 0 atom stereocenters. The van der Waals surface area contributed by atoms with E-state index in [-0.39, 0.29) is 30.2 Å². The van der Waals surface area contributed by atoms with Gasteiger partial charge in [-0.05, 0) is 22.4 Å². The normalized spacial score (nSPS) is 13.7. The first-order chi connectivity index (χ1) is 12.9. The number of carbonyl (C=O) groups is 2. The molecule has 10 heteroatoms. The Bertz CT molecular complexity index is 780. The fraction of sp³-hybridized carbons (Fsp3) is 0.412. The summed E-state index contributed by atoms with van der Waals surface area (Å²) in [4.78, 5) is 35.7. The van der Waals surface area contributed by atoms with Gasteiger partial charge in [0.05, 0.1) is 29.2 Å². The third kappa shape index (κ3) is 5.04. The van der Waals surface area contributed by atoms with Crippen LogP contribution in [0.5, 0.6) is 5.75 Å². The molecule has 0 unspecified atom stereocenters. The minimum atomic E-state index is -0.656. The van der Waals surface area contributed by atoms with Gasteiger partial charge in [0.25, 0.3) is 17.5 Å². The van der Waals surface area contributed by atoms with Gasteiger partial charge in [0.15, 0.2) is 0 Å². The lowest BCUT2D eigenvalue weighted by Gasteiger charge is -2.14. The Labute approximate surface area is 164 Å². The number of nitrogens with zero attached hydrogens (tertiary/aromatic N) is 2. The summed E-state index contributed by atoms with van der Waals surface area (Å²) >= 11 is 3.25. The summed E-state index contributed by atoms with van der Waals surface area (Å²) in [7, 11) is 0. The predicted octanol–water partition coefficient (Wildman–Crippen LogP) is 2.58. The lowest BCUT2D eigenvalue weighted by molar-refractivity contribution is -0.384. The number of nitro benzene ring substituents is 1. The fourth-order valence-corrected chi connectivity index (χ4v) is 2.94. The van der Waals surface area contributed by atoms with Crippen molar-refractivity contribution in [2.45, 2.75) is 26.2 Å². The maximum atomic E-state index is 12.2. The molecule has 1 aliphatic rings. The molecule has 0 spiro atoms. The van der Waals surface area contributed by atoms with Crippen molar-refractivity contribution in [2.75, 3.05) is 25.1 Å². The topological polar surface area (TPSA) is 122 Å². The number of imide groups is 1. The maximum Gasteiger partial charge on any atom is 0.294 e. The second-order valence-corrected chi connectivity index (χ2v) is 6.67. The van der Waals surface area contributed by atoms with Gasteiger partial charge in [-0.1, -0.05) is 19.8 Å². The van der Waals surface area contributed by atoms with Crippen LogP contribution in [0.3, 0.4) is 0 Å². The van der Waals surface area contributed by atoms with Crippen LogP contribution in [0.25, 0.3) is 0 Å². The zero-order valence-electron chi connectivity index (χ0n) is 14.7. The minimum absolute atomic E-state index is 0.0342. The highest BCUT2D eigenvalue weighted by molar-refractivity contribution is 9.10. The smallest absolute Gasteiger partial charge is 0.294 e. The van der Waals surface area contributed by atoms with E-state index in [0.717, 1.165) is 30.2 Å². The molecule has 2 amide bonds. The molecule has 0 aliphatic carbocycles. The van der Waals surface area contributed by atoms with Gasteiger partial charge in [0, 0.05) is 18.2 Å². The van der Waals surface area contributed by atoms with Crippen LogP contribution < -0.4 is 10.1 Å². The summed E-state index contributed by atoms with van der Waals surface area (Å²) in [5, 5.41) is 23.0. The van der Waals surface area contributed by atoms with Crippen molar-refractivity contribution in [3.05, 3.63) is 38.5 Å². The number of rotatable bonds is 10. The van der Waals surface area contributed by atoms with Crippen molar-refractivity contribution >= 4 is 39.1 Å². The monoisotopic (exact) mass is 441 g/mol. The summed E-state index contributed by atoms with van der Waals surface area (Å²) in [6.45, 7) is 2.01. The minimum Gasteiger partial charge on any atom is -0.492 e. The van der Waals surface area contributed by atoms with E-state index in [0.29, 0.717) is 16.8 Å². The predicted molar refractivity (Wildman–Crippen MR) is 101 cm³/mol. The summed E-state index contributed by atoms with van der Waals surface area (Å²) in [6.07, 6.45) is 3.93. The zero-order valence-corrected chi connectivity index (χ0v) is 16.3. The lowest BCUT2D eigenvalue weighted by atomic mass is 10.2. The SMILES string of the molecule is CCCCCOc1cc(NC2=CC(=O)N(CCO)C2=O)c([N+](=O)[O-])cc1Br. The van der Waals surface area contributed by atoms with Crippen molar-refractivity contribution in [2.24, 2.45) is 0 Å². The fourth-order valence-electron chi connectivity index (χ4n) is 2.49. The van der Waals surface area contributed by atoms with Crippen molar-refractivity contribution in [3.63, 3.8) is 0 Å². The third-order valence-electron chi connectivity index (χ3n) is 3.85. The molecule has 9 nitrogen and oxygen atoms in total. The van der Waals surface area contributed by atoms with Gasteiger partial charge in [-0.3, -0.25) is 24.6 Å². The van der Waals surface area contributed by atoms with Gasteiger partial charge >= 0.3 is 0 Å². The molecule has 0 fully saturated rings. The molecule has 2 N–H and O–H groups in total. The second kappa shape index (κ2) is 9.47. The van der Waals surface area contributed by atoms with E-state index in [4.69, 9.17) is 9.84 Å². The number of hydrogen-bond acceptors (Lipinski definition) is 7. The molecule has 1 aromatic rings. The Kier molecular flexibility index (Phi) is 7.31. The number of β-amino-alcohol motifs (C(OH)–C–C–N with tert-alkyl or cyclic N) is 1. The van der Waals surface area contributed by atoms with Crippen molar-refractivity contribution < 1.29 is 24.4 Å². The number of amides is 2. The highest BCUT2D eigenvalue weighted by atomic mass is 79.9. The molecular weight excluding hydrogens is 422 g/mol. The number of ether oxygens (including phenoxy) is 1. The Balaban J connectivity index is 2.26. The van der Waals surface area contributed by atoms with Crippen LogP contribution in [-0.2, 0) is 9.59 Å². The van der Waals surface area contributed by atoms with E-state index in [1.165, 1.54) is 12.1 Å². The maximum absolute atomic E-state index is 12.2. The average Bonchev–Trinajstić information content (AvgIpc) is 2.88. The molecule has 146 valence electrons. The number of nitro groups is 1. The third-order valence-corrected chi connectivity index (χ3v) is 4.47. The van der Waals surface area contributed by atoms with Crippen LogP contribution in [0.4, 0.5) is 11.4 Å². The van der Waals surface area contributed by atoms with Gasteiger partial charge in [-0.25, -0.2) is 0 Å². The number of aliphatic hydroxyl groups is 1. The van der Waals surface area contributed by atoms with E-state index >= 15 is 0 Å². The number of carbonyl (C=O) groups excluding carboxylic acids is 2. The van der Waals surface area contributed by atoms with E-state index in [1.54, 1.807) is 0 Å². The van der Waals surface area contributed by atoms with Gasteiger partial charge < -0.3 is 15.2 Å². The first kappa shape index (κ1) is 20.8. The summed E-state index contributed by atoms with van der Waals surface area (Å²) in [5.41, 5.74) is -0.340. The molecule has 1 heterocycles. The largest absolute Gasteiger partial charge is 0.492 e. The highest BCUT2D eigenvalue weighted by Crippen LogP contribution is 2.37. The Morgan fingerprint density at radius 3 is 2.70 bits per heavy atom. The molecule has 1 aliphatic heterocycles. The standard InChI is InChI=1S/C17H20BrN3O6/c1-2-3-4-7-27-15-9-12(14(21(25)26)8-11(15)18)19-13-10-16(23)20(5-6-22)17(13)24/h8-10,19,22H,2-7H2,1H3. The Morgan fingerprint density at radius 2 is 2.07 bits per heavy atom. The van der Waals surface area contributed by atoms with Crippen LogP contribution in [0, 0.1) is 10.1 Å². The molecule has 0 radical (unpaired) electrons. The van der Waals surface area contributed by atoms with Crippen molar-refractivity contribution in [1.29, 1.82) is 0 Å². The van der Waals surface area contributed by atoms with Crippen LogP contribution in [-0.4, -0.2) is 46.5 Å². The summed E-state index contributed by atoms with van der Waals surface area (Å²) in [6, 6.07) is 2.70.